The average molecular weight is 265 g/mol. The van der Waals surface area contributed by atoms with Gasteiger partial charge < -0.3 is 14.2 Å². The van der Waals surface area contributed by atoms with Crippen molar-refractivity contribution in [3.05, 3.63) is 0 Å². The number of ether oxygens (including phenoxy) is 3. The summed E-state index contributed by atoms with van der Waals surface area (Å²) in [5, 5.41) is 0.0862. The fourth-order valence-electron chi connectivity index (χ4n) is 2.16. The smallest absolute Gasteiger partial charge is 0.100 e. The van der Waals surface area contributed by atoms with E-state index in [0.717, 1.165) is 12.8 Å². The van der Waals surface area contributed by atoms with Gasteiger partial charge in [-0.15, -0.1) is 11.6 Å². The summed E-state index contributed by atoms with van der Waals surface area (Å²) < 4.78 is 16.6. The van der Waals surface area contributed by atoms with E-state index in [1.165, 1.54) is 0 Å². The van der Waals surface area contributed by atoms with E-state index in [2.05, 4.69) is 20.8 Å². The van der Waals surface area contributed by atoms with Gasteiger partial charge in [-0.25, -0.2) is 0 Å². The van der Waals surface area contributed by atoms with Gasteiger partial charge in [0.1, 0.15) is 6.10 Å². The van der Waals surface area contributed by atoms with Crippen molar-refractivity contribution in [3.8, 4) is 0 Å². The van der Waals surface area contributed by atoms with Crippen LogP contribution in [-0.2, 0) is 14.2 Å². The zero-order valence-corrected chi connectivity index (χ0v) is 12.1. The minimum absolute atomic E-state index is 0.0291. The van der Waals surface area contributed by atoms with Gasteiger partial charge in [-0.2, -0.15) is 0 Å². The van der Waals surface area contributed by atoms with Gasteiger partial charge in [-0.3, -0.25) is 0 Å². The van der Waals surface area contributed by atoms with Crippen molar-refractivity contribution in [1.82, 2.24) is 0 Å². The van der Waals surface area contributed by atoms with Crippen LogP contribution >= 0.6 is 11.6 Å². The molecule has 0 heterocycles. The molecule has 0 aromatic rings. The van der Waals surface area contributed by atoms with E-state index in [9.17, 15) is 0 Å². The van der Waals surface area contributed by atoms with Crippen LogP contribution in [0.1, 0.15) is 33.6 Å². The Morgan fingerprint density at radius 2 is 1.94 bits per heavy atom. The number of rotatable bonds is 8. The molecule has 3 nitrogen and oxygen atoms in total. The molecule has 4 atom stereocenters. The topological polar surface area (TPSA) is 27.7 Å². The fraction of sp³-hybridized carbons (Fsp3) is 1.00. The van der Waals surface area contributed by atoms with Crippen molar-refractivity contribution in [2.75, 3.05) is 20.3 Å². The summed E-state index contributed by atoms with van der Waals surface area (Å²) in [6.07, 6.45) is 2.43. The highest BCUT2D eigenvalue weighted by Crippen LogP contribution is 2.33. The Bertz CT molecular complexity index is 211. The highest BCUT2D eigenvalue weighted by molar-refractivity contribution is 6.21. The van der Waals surface area contributed by atoms with E-state index in [1.807, 2.05) is 0 Å². The molecule has 1 aliphatic rings. The SMILES string of the molecule is COCCOC1C(Cl)CC1OC(C)CC(C)C. The normalized spacial score (nSPS) is 30.4. The third-order valence-corrected chi connectivity index (χ3v) is 3.42. The third-order valence-electron chi connectivity index (χ3n) is 2.99. The van der Waals surface area contributed by atoms with Crippen LogP contribution in [0.25, 0.3) is 0 Å². The first-order chi connectivity index (χ1) is 8.04. The Morgan fingerprint density at radius 3 is 2.47 bits per heavy atom. The first-order valence-corrected chi connectivity index (χ1v) is 6.88. The number of hydrogen-bond donors (Lipinski definition) is 0. The first kappa shape index (κ1) is 15.2. The van der Waals surface area contributed by atoms with Crippen molar-refractivity contribution in [2.24, 2.45) is 5.92 Å². The van der Waals surface area contributed by atoms with E-state index in [4.69, 9.17) is 25.8 Å². The van der Waals surface area contributed by atoms with E-state index in [0.29, 0.717) is 19.1 Å². The van der Waals surface area contributed by atoms with Gasteiger partial charge in [0.05, 0.1) is 30.8 Å². The Morgan fingerprint density at radius 1 is 1.24 bits per heavy atom. The molecular weight excluding hydrogens is 240 g/mol. The Labute approximate surface area is 110 Å². The van der Waals surface area contributed by atoms with Crippen molar-refractivity contribution in [2.45, 2.75) is 57.3 Å². The molecule has 102 valence electrons. The van der Waals surface area contributed by atoms with Gasteiger partial charge in [-0.1, -0.05) is 13.8 Å². The molecule has 0 radical (unpaired) electrons. The summed E-state index contributed by atoms with van der Waals surface area (Å²) in [7, 11) is 1.67. The predicted octanol–water partition coefficient (Wildman–Crippen LogP) is 2.85. The molecule has 17 heavy (non-hydrogen) atoms. The molecule has 0 aliphatic heterocycles. The van der Waals surface area contributed by atoms with Crippen LogP contribution in [0.3, 0.4) is 0 Å². The van der Waals surface area contributed by atoms with Crippen LogP contribution in [0.2, 0.25) is 0 Å². The summed E-state index contributed by atoms with van der Waals surface area (Å²) >= 11 is 6.13. The lowest BCUT2D eigenvalue weighted by Crippen LogP contribution is -2.52. The Balaban J connectivity index is 2.23. The summed E-state index contributed by atoms with van der Waals surface area (Å²) in [5.41, 5.74) is 0. The molecule has 1 rings (SSSR count). The summed E-state index contributed by atoms with van der Waals surface area (Å²) in [5.74, 6) is 0.657. The minimum Gasteiger partial charge on any atom is -0.382 e. The Kier molecular flexibility index (Phi) is 6.78. The number of methoxy groups -OCH3 is 1. The summed E-state index contributed by atoms with van der Waals surface area (Å²) in [6, 6.07) is 0. The molecule has 1 saturated carbocycles. The lowest BCUT2D eigenvalue weighted by molar-refractivity contribution is -0.151. The van der Waals surface area contributed by atoms with E-state index in [1.54, 1.807) is 7.11 Å². The molecule has 0 bridgehead atoms. The van der Waals surface area contributed by atoms with Crippen LogP contribution in [0.5, 0.6) is 0 Å². The maximum Gasteiger partial charge on any atom is 0.100 e. The molecule has 0 saturated heterocycles. The number of hydrogen-bond acceptors (Lipinski definition) is 3. The third kappa shape index (κ3) is 5.12. The first-order valence-electron chi connectivity index (χ1n) is 6.44. The largest absolute Gasteiger partial charge is 0.382 e. The van der Waals surface area contributed by atoms with E-state index < -0.39 is 0 Å². The molecule has 1 fully saturated rings. The molecule has 0 spiro atoms. The quantitative estimate of drug-likeness (QED) is 0.498. The second kappa shape index (κ2) is 7.57. The Hall–Kier alpha value is 0.170. The van der Waals surface area contributed by atoms with Gasteiger partial charge in [0.15, 0.2) is 0 Å². The lowest BCUT2D eigenvalue weighted by Gasteiger charge is -2.42. The van der Waals surface area contributed by atoms with Crippen LogP contribution in [-0.4, -0.2) is 44.0 Å². The molecule has 4 heteroatoms. The molecule has 0 aromatic heterocycles. The van der Waals surface area contributed by atoms with Crippen LogP contribution in [0, 0.1) is 5.92 Å². The average Bonchev–Trinajstić information content (AvgIpc) is 2.22. The van der Waals surface area contributed by atoms with Gasteiger partial charge in [0, 0.05) is 7.11 Å². The summed E-state index contributed by atoms with van der Waals surface area (Å²) in [6.45, 7) is 7.72. The highest BCUT2D eigenvalue weighted by atomic mass is 35.5. The van der Waals surface area contributed by atoms with E-state index in [-0.39, 0.29) is 23.7 Å². The molecule has 1 aliphatic carbocycles. The van der Waals surface area contributed by atoms with Crippen molar-refractivity contribution in [1.29, 1.82) is 0 Å². The van der Waals surface area contributed by atoms with Crippen LogP contribution in [0.4, 0.5) is 0 Å². The molecule has 4 unspecified atom stereocenters. The number of halogens is 1. The van der Waals surface area contributed by atoms with Gasteiger partial charge in [0.2, 0.25) is 0 Å². The van der Waals surface area contributed by atoms with Crippen LogP contribution in [0.15, 0.2) is 0 Å². The van der Waals surface area contributed by atoms with Gasteiger partial charge in [0.25, 0.3) is 0 Å². The maximum absolute atomic E-state index is 6.13. The molecule has 0 aromatic carbocycles. The van der Waals surface area contributed by atoms with Crippen molar-refractivity contribution in [3.63, 3.8) is 0 Å². The zero-order chi connectivity index (χ0) is 12.8. The maximum atomic E-state index is 6.13. The van der Waals surface area contributed by atoms with Crippen molar-refractivity contribution < 1.29 is 14.2 Å². The zero-order valence-electron chi connectivity index (χ0n) is 11.3. The second-order valence-electron chi connectivity index (χ2n) is 5.19. The summed E-state index contributed by atoms with van der Waals surface area (Å²) in [4.78, 5) is 0. The van der Waals surface area contributed by atoms with Gasteiger partial charge in [-0.05, 0) is 25.7 Å². The standard InChI is InChI=1S/C13H25ClO3/c1-9(2)7-10(3)17-12-8-11(14)13(12)16-6-5-15-4/h9-13H,5-8H2,1-4H3. The van der Waals surface area contributed by atoms with Crippen LogP contribution < -0.4 is 0 Å². The van der Waals surface area contributed by atoms with Gasteiger partial charge >= 0.3 is 0 Å². The molecule has 0 amide bonds. The highest BCUT2D eigenvalue weighted by Gasteiger charge is 2.42. The molecular formula is C13H25ClO3. The fourth-order valence-corrected chi connectivity index (χ4v) is 2.57. The lowest BCUT2D eigenvalue weighted by atomic mass is 9.90. The minimum atomic E-state index is 0.0291. The second-order valence-corrected chi connectivity index (χ2v) is 5.76. The predicted molar refractivity (Wildman–Crippen MR) is 69.7 cm³/mol. The van der Waals surface area contributed by atoms with E-state index >= 15 is 0 Å². The number of alkyl halides is 1. The monoisotopic (exact) mass is 264 g/mol. The molecule has 0 N–H and O–H groups in total. The van der Waals surface area contributed by atoms with Crippen molar-refractivity contribution >= 4 is 11.6 Å².